The monoisotopic (exact) mass is 379 g/mol. The first-order valence-electron chi connectivity index (χ1n) is 8.51. The van der Waals surface area contributed by atoms with E-state index in [-0.39, 0.29) is 5.41 Å². The fourth-order valence-corrected chi connectivity index (χ4v) is 3.54. The Balaban J connectivity index is 1.41. The molecule has 1 aromatic rings. The summed E-state index contributed by atoms with van der Waals surface area (Å²) in [5, 5.41) is 6.80. The molecule has 0 amide bonds. The number of nitrogens with one attached hydrogen (secondary N) is 2. The van der Waals surface area contributed by atoms with Gasteiger partial charge in [0.05, 0.1) is 6.61 Å². The lowest BCUT2D eigenvalue weighted by Crippen LogP contribution is -2.42. The van der Waals surface area contributed by atoms with Crippen LogP contribution in [-0.4, -0.2) is 39.3 Å². The number of hydrogen-bond acceptors (Lipinski definition) is 2. The Kier molecular flexibility index (Phi) is 5.59. The maximum Gasteiger partial charge on any atom is 0.191 e. The van der Waals surface area contributed by atoms with Crippen LogP contribution in [0.4, 0.5) is 0 Å². The molecule has 0 heterocycles. The van der Waals surface area contributed by atoms with E-state index in [4.69, 9.17) is 4.74 Å². The Labute approximate surface area is 147 Å². The lowest BCUT2D eigenvalue weighted by atomic mass is 9.96. The van der Waals surface area contributed by atoms with Gasteiger partial charge in [-0.25, -0.2) is 0 Å². The van der Waals surface area contributed by atoms with E-state index in [9.17, 15) is 0 Å². The zero-order valence-corrected chi connectivity index (χ0v) is 15.4. The van der Waals surface area contributed by atoms with Crippen LogP contribution in [0.15, 0.2) is 33.7 Å². The maximum absolute atomic E-state index is 5.64. The molecule has 0 atom stereocenters. The second-order valence-electron chi connectivity index (χ2n) is 6.63. The first-order chi connectivity index (χ1) is 11.2. The first-order valence-corrected chi connectivity index (χ1v) is 9.30. The van der Waals surface area contributed by atoms with E-state index in [0.717, 1.165) is 38.2 Å². The van der Waals surface area contributed by atoms with Crippen LogP contribution in [-0.2, 0) is 10.2 Å². The number of halogens is 1. The van der Waals surface area contributed by atoms with Gasteiger partial charge in [-0.1, -0.05) is 34.1 Å². The number of guanidine groups is 1. The zero-order chi connectivity index (χ0) is 16.1. The van der Waals surface area contributed by atoms with E-state index in [0.29, 0.717) is 0 Å². The Morgan fingerprint density at radius 3 is 2.74 bits per heavy atom. The quantitative estimate of drug-likeness (QED) is 0.414. The standard InChI is InChI=1S/C18H26BrN3O/c1-20-17(21-10-11-23-12-14-6-7-14)22-13-18(8-9-18)15-4-2-3-5-16(15)19/h2-5,14H,6-13H2,1H3,(H2,20,21,22). The molecule has 126 valence electrons. The van der Waals surface area contributed by atoms with Crippen LogP contribution in [0, 0.1) is 5.92 Å². The number of rotatable bonds is 8. The van der Waals surface area contributed by atoms with Crippen molar-refractivity contribution >= 4 is 21.9 Å². The molecule has 0 saturated heterocycles. The van der Waals surface area contributed by atoms with E-state index in [2.05, 4.69) is 55.8 Å². The molecule has 2 aliphatic carbocycles. The Morgan fingerprint density at radius 2 is 2.09 bits per heavy atom. The molecule has 0 spiro atoms. The molecule has 3 rings (SSSR count). The SMILES string of the molecule is CN=C(NCCOCC1CC1)NCC1(c2ccccc2Br)CC1. The summed E-state index contributed by atoms with van der Waals surface area (Å²) in [6.07, 6.45) is 5.13. The van der Waals surface area contributed by atoms with Gasteiger partial charge in [0.25, 0.3) is 0 Å². The van der Waals surface area contributed by atoms with Gasteiger partial charge in [-0.15, -0.1) is 0 Å². The predicted octanol–water partition coefficient (Wildman–Crippen LogP) is 3.07. The molecular weight excluding hydrogens is 354 g/mol. The van der Waals surface area contributed by atoms with Crippen molar-refractivity contribution in [3.63, 3.8) is 0 Å². The Bertz CT molecular complexity index is 553. The van der Waals surface area contributed by atoms with Crippen molar-refractivity contribution in [3.05, 3.63) is 34.3 Å². The first kappa shape index (κ1) is 16.8. The fourth-order valence-electron chi connectivity index (χ4n) is 2.83. The van der Waals surface area contributed by atoms with Crippen LogP contribution >= 0.6 is 15.9 Å². The molecule has 0 radical (unpaired) electrons. The minimum atomic E-state index is 0.250. The molecule has 0 aliphatic heterocycles. The van der Waals surface area contributed by atoms with E-state index < -0.39 is 0 Å². The van der Waals surface area contributed by atoms with Crippen molar-refractivity contribution in [1.82, 2.24) is 10.6 Å². The Hall–Kier alpha value is -1.07. The van der Waals surface area contributed by atoms with E-state index >= 15 is 0 Å². The summed E-state index contributed by atoms with van der Waals surface area (Å²) in [4.78, 5) is 4.31. The molecule has 0 unspecified atom stereocenters. The third kappa shape index (κ3) is 4.70. The summed E-state index contributed by atoms with van der Waals surface area (Å²) in [6.45, 7) is 3.37. The van der Waals surface area contributed by atoms with E-state index in [1.54, 1.807) is 0 Å². The molecule has 2 saturated carbocycles. The fraction of sp³-hybridized carbons (Fsp3) is 0.611. The van der Waals surface area contributed by atoms with Gasteiger partial charge in [-0.05, 0) is 43.2 Å². The Morgan fingerprint density at radius 1 is 1.30 bits per heavy atom. The van der Waals surface area contributed by atoms with Crippen molar-refractivity contribution < 1.29 is 4.74 Å². The minimum absolute atomic E-state index is 0.250. The topological polar surface area (TPSA) is 45.7 Å². The third-order valence-corrected chi connectivity index (χ3v) is 5.40. The molecule has 0 bridgehead atoms. The number of hydrogen-bond donors (Lipinski definition) is 2. The molecule has 23 heavy (non-hydrogen) atoms. The summed E-state index contributed by atoms with van der Waals surface area (Å²) in [6, 6.07) is 8.53. The summed E-state index contributed by atoms with van der Waals surface area (Å²) in [7, 11) is 1.82. The number of ether oxygens (including phenoxy) is 1. The normalized spacial score (nSPS) is 19.5. The third-order valence-electron chi connectivity index (χ3n) is 4.71. The highest BCUT2D eigenvalue weighted by molar-refractivity contribution is 9.10. The van der Waals surface area contributed by atoms with Gasteiger partial charge in [-0.2, -0.15) is 0 Å². The van der Waals surface area contributed by atoms with E-state index in [1.165, 1.54) is 35.7 Å². The minimum Gasteiger partial charge on any atom is -0.379 e. The molecule has 1 aromatic carbocycles. The number of benzene rings is 1. The van der Waals surface area contributed by atoms with Gasteiger partial charge >= 0.3 is 0 Å². The van der Waals surface area contributed by atoms with Crippen LogP contribution in [0.1, 0.15) is 31.2 Å². The second-order valence-corrected chi connectivity index (χ2v) is 7.49. The zero-order valence-electron chi connectivity index (χ0n) is 13.8. The van der Waals surface area contributed by atoms with Gasteiger partial charge in [0.15, 0.2) is 5.96 Å². The molecule has 2 N–H and O–H groups in total. The molecule has 2 aliphatic rings. The van der Waals surface area contributed by atoms with Gasteiger partial charge in [0, 0.05) is 36.6 Å². The summed E-state index contributed by atoms with van der Waals surface area (Å²) >= 11 is 3.68. The van der Waals surface area contributed by atoms with Crippen molar-refractivity contribution in [1.29, 1.82) is 0 Å². The van der Waals surface area contributed by atoms with E-state index in [1.807, 2.05) is 7.05 Å². The highest BCUT2D eigenvalue weighted by Crippen LogP contribution is 2.49. The second kappa shape index (κ2) is 7.67. The van der Waals surface area contributed by atoms with Crippen LogP contribution in [0.2, 0.25) is 0 Å². The van der Waals surface area contributed by atoms with Gasteiger partial charge < -0.3 is 15.4 Å². The molecule has 5 heteroatoms. The van der Waals surface area contributed by atoms with Gasteiger partial charge in [-0.3, -0.25) is 4.99 Å². The molecule has 4 nitrogen and oxygen atoms in total. The highest BCUT2D eigenvalue weighted by atomic mass is 79.9. The average Bonchev–Trinajstić information content (AvgIpc) is 3.46. The largest absolute Gasteiger partial charge is 0.379 e. The summed E-state index contributed by atoms with van der Waals surface area (Å²) in [5.74, 6) is 1.69. The summed E-state index contributed by atoms with van der Waals surface area (Å²) in [5.41, 5.74) is 1.65. The van der Waals surface area contributed by atoms with Gasteiger partial charge in [0.1, 0.15) is 0 Å². The van der Waals surface area contributed by atoms with Crippen LogP contribution in [0.5, 0.6) is 0 Å². The lowest BCUT2D eigenvalue weighted by molar-refractivity contribution is 0.129. The van der Waals surface area contributed by atoms with Crippen molar-refractivity contribution in [2.45, 2.75) is 31.1 Å². The maximum atomic E-state index is 5.64. The molecular formula is C18H26BrN3O. The van der Waals surface area contributed by atoms with Crippen molar-refractivity contribution in [3.8, 4) is 0 Å². The number of nitrogens with zero attached hydrogens (tertiary/aromatic N) is 1. The molecule has 0 aromatic heterocycles. The summed E-state index contributed by atoms with van der Waals surface area (Å²) < 4.78 is 6.85. The van der Waals surface area contributed by atoms with Crippen molar-refractivity contribution in [2.24, 2.45) is 10.9 Å². The lowest BCUT2D eigenvalue weighted by Gasteiger charge is -2.20. The van der Waals surface area contributed by atoms with Crippen LogP contribution < -0.4 is 10.6 Å². The predicted molar refractivity (Wildman–Crippen MR) is 98.0 cm³/mol. The van der Waals surface area contributed by atoms with Crippen molar-refractivity contribution in [2.75, 3.05) is 33.4 Å². The van der Waals surface area contributed by atoms with Gasteiger partial charge in [0.2, 0.25) is 0 Å². The molecule has 2 fully saturated rings. The van der Waals surface area contributed by atoms with Crippen LogP contribution in [0.3, 0.4) is 0 Å². The smallest absolute Gasteiger partial charge is 0.191 e. The van der Waals surface area contributed by atoms with Crippen LogP contribution in [0.25, 0.3) is 0 Å². The highest BCUT2D eigenvalue weighted by Gasteiger charge is 2.45. The average molecular weight is 380 g/mol. The number of aliphatic imine (C=N–C) groups is 1.